The average molecular weight is 292 g/mol. The summed E-state index contributed by atoms with van der Waals surface area (Å²) in [6, 6.07) is 5.97. The Balaban J connectivity index is 1.75. The van der Waals surface area contributed by atoms with Gasteiger partial charge in [0.2, 0.25) is 0 Å². The van der Waals surface area contributed by atoms with Crippen molar-refractivity contribution in [1.82, 2.24) is 4.98 Å². The molecule has 0 radical (unpaired) electrons. The molecule has 0 aliphatic carbocycles. The van der Waals surface area contributed by atoms with Gasteiger partial charge in [0.15, 0.2) is 16.6 Å². The van der Waals surface area contributed by atoms with Gasteiger partial charge in [-0.1, -0.05) is 11.3 Å². The highest BCUT2D eigenvalue weighted by molar-refractivity contribution is 7.18. The molecule has 106 valence electrons. The molecule has 1 aliphatic heterocycles. The lowest BCUT2D eigenvalue weighted by Gasteiger charge is -2.18. The predicted molar refractivity (Wildman–Crippen MR) is 78.9 cm³/mol. The van der Waals surface area contributed by atoms with Gasteiger partial charge < -0.3 is 19.5 Å². The van der Waals surface area contributed by atoms with Gasteiger partial charge >= 0.3 is 0 Å². The number of hydrogen-bond donors (Lipinski definition) is 1. The standard InChI is InChI=1S/C14H16N2O3S/c1-17-5-4-15-14-16-9-13(20-14)10-2-3-11-12(8-10)19-7-6-18-11/h2-3,8-9H,4-7H2,1H3,(H,15,16). The molecule has 20 heavy (non-hydrogen) atoms. The summed E-state index contributed by atoms with van der Waals surface area (Å²) in [5, 5.41) is 4.12. The topological polar surface area (TPSA) is 52.6 Å². The Morgan fingerprint density at radius 1 is 1.30 bits per heavy atom. The molecule has 0 spiro atoms. The summed E-state index contributed by atoms with van der Waals surface area (Å²) < 4.78 is 16.1. The molecular formula is C14H16N2O3S. The van der Waals surface area contributed by atoms with Gasteiger partial charge in [0, 0.05) is 19.9 Å². The molecule has 0 saturated heterocycles. The number of anilines is 1. The Morgan fingerprint density at radius 2 is 2.15 bits per heavy atom. The third-order valence-electron chi connectivity index (χ3n) is 2.91. The number of nitrogens with one attached hydrogen (secondary N) is 1. The van der Waals surface area contributed by atoms with Crippen LogP contribution < -0.4 is 14.8 Å². The van der Waals surface area contributed by atoms with Crippen LogP contribution in [0.5, 0.6) is 11.5 Å². The van der Waals surface area contributed by atoms with E-state index in [4.69, 9.17) is 14.2 Å². The minimum Gasteiger partial charge on any atom is -0.486 e. The van der Waals surface area contributed by atoms with Gasteiger partial charge in [-0.2, -0.15) is 0 Å². The van der Waals surface area contributed by atoms with Gasteiger partial charge in [-0.15, -0.1) is 0 Å². The van der Waals surface area contributed by atoms with E-state index in [2.05, 4.69) is 10.3 Å². The van der Waals surface area contributed by atoms with Crippen molar-refractivity contribution in [1.29, 1.82) is 0 Å². The fraction of sp³-hybridized carbons (Fsp3) is 0.357. The second kappa shape index (κ2) is 6.11. The molecule has 2 heterocycles. The summed E-state index contributed by atoms with van der Waals surface area (Å²) in [6.07, 6.45) is 1.87. The number of methoxy groups -OCH3 is 1. The SMILES string of the molecule is COCCNc1ncc(-c2ccc3c(c2)OCCO3)s1. The van der Waals surface area contributed by atoms with Crippen molar-refractivity contribution in [3.05, 3.63) is 24.4 Å². The second-order valence-electron chi connectivity index (χ2n) is 4.31. The van der Waals surface area contributed by atoms with Crippen LogP contribution in [0, 0.1) is 0 Å². The molecule has 1 aromatic heterocycles. The molecule has 0 bridgehead atoms. The van der Waals surface area contributed by atoms with Crippen LogP contribution in [0.3, 0.4) is 0 Å². The van der Waals surface area contributed by atoms with E-state index in [9.17, 15) is 0 Å². The van der Waals surface area contributed by atoms with Crippen molar-refractivity contribution >= 4 is 16.5 Å². The molecular weight excluding hydrogens is 276 g/mol. The molecule has 1 aliphatic rings. The predicted octanol–water partition coefficient (Wildman–Crippen LogP) is 2.64. The molecule has 3 rings (SSSR count). The Labute approximate surface area is 121 Å². The molecule has 0 amide bonds. The van der Waals surface area contributed by atoms with Crippen molar-refractivity contribution in [3.63, 3.8) is 0 Å². The highest BCUT2D eigenvalue weighted by Crippen LogP contribution is 2.37. The monoisotopic (exact) mass is 292 g/mol. The largest absolute Gasteiger partial charge is 0.486 e. The van der Waals surface area contributed by atoms with Crippen molar-refractivity contribution < 1.29 is 14.2 Å². The van der Waals surface area contributed by atoms with Crippen molar-refractivity contribution in [3.8, 4) is 21.9 Å². The second-order valence-corrected chi connectivity index (χ2v) is 5.34. The fourth-order valence-corrected chi connectivity index (χ4v) is 2.78. The number of benzene rings is 1. The maximum absolute atomic E-state index is 5.60. The van der Waals surface area contributed by atoms with Gasteiger partial charge in [-0.05, 0) is 23.8 Å². The van der Waals surface area contributed by atoms with Gasteiger partial charge in [0.1, 0.15) is 13.2 Å². The first-order valence-electron chi connectivity index (χ1n) is 6.45. The van der Waals surface area contributed by atoms with E-state index in [0.717, 1.165) is 33.6 Å². The van der Waals surface area contributed by atoms with Gasteiger partial charge in [0.05, 0.1) is 11.5 Å². The van der Waals surface area contributed by atoms with E-state index in [1.165, 1.54) is 0 Å². The normalized spacial score (nSPS) is 13.2. The van der Waals surface area contributed by atoms with Crippen LogP contribution >= 0.6 is 11.3 Å². The Hall–Kier alpha value is -1.79. The van der Waals surface area contributed by atoms with E-state index < -0.39 is 0 Å². The fourth-order valence-electron chi connectivity index (χ4n) is 1.95. The smallest absolute Gasteiger partial charge is 0.183 e. The van der Waals surface area contributed by atoms with Gasteiger partial charge in [-0.3, -0.25) is 0 Å². The third kappa shape index (κ3) is 2.86. The number of ether oxygens (including phenoxy) is 3. The molecule has 1 N–H and O–H groups in total. The van der Waals surface area contributed by atoms with Crippen molar-refractivity contribution in [2.24, 2.45) is 0 Å². The number of nitrogens with zero attached hydrogens (tertiary/aromatic N) is 1. The number of rotatable bonds is 5. The first kappa shape index (κ1) is 13.2. The van der Waals surface area contributed by atoms with E-state index in [-0.39, 0.29) is 0 Å². The minimum atomic E-state index is 0.600. The van der Waals surface area contributed by atoms with E-state index >= 15 is 0 Å². The zero-order valence-corrected chi connectivity index (χ0v) is 12.0. The Morgan fingerprint density at radius 3 is 3.00 bits per heavy atom. The lowest BCUT2D eigenvalue weighted by atomic mass is 10.2. The lowest BCUT2D eigenvalue weighted by molar-refractivity contribution is 0.171. The molecule has 0 atom stereocenters. The third-order valence-corrected chi connectivity index (χ3v) is 3.92. The number of aromatic nitrogens is 1. The number of hydrogen-bond acceptors (Lipinski definition) is 6. The molecule has 1 aromatic carbocycles. The molecule has 0 saturated carbocycles. The highest BCUT2D eigenvalue weighted by Gasteiger charge is 2.13. The quantitative estimate of drug-likeness (QED) is 0.859. The summed E-state index contributed by atoms with van der Waals surface area (Å²) in [4.78, 5) is 5.46. The molecule has 6 heteroatoms. The lowest BCUT2D eigenvalue weighted by Crippen LogP contribution is -2.15. The van der Waals surface area contributed by atoms with Crippen LogP contribution in [0.1, 0.15) is 0 Å². The maximum atomic E-state index is 5.60. The van der Waals surface area contributed by atoms with Crippen molar-refractivity contribution in [2.75, 3.05) is 38.8 Å². The summed E-state index contributed by atoms with van der Waals surface area (Å²) in [5.74, 6) is 1.61. The van der Waals surface area contributed by atoms with Gasteiger partial charge in [-0.25, -0.2) is 4.98 Å². The van der Waals surface area contributed by atoms with Crippen molar-refractivity contribution in [2.45, 2.75) is 0 Å². The van der Waals surface area contributed by atoms with Crippen LogP contribution in [-0.2, 0) is 4.74 Å². The van der Waals surface area contributed by atoms with E-state index in [0.29, 0.717) is 19.8 Å². The molecule has 5 nitrogen and oxygen atoms in total. The summed E-state index contributed by atoms with van der Waals surface area (Å²) in [7, 11) is 1.68. The summed E-state index contributed by atoms with van der Waals surface area (Å²) >= 11 is 1.61. The molecule has 0 fully saturated rings. The van der Waals surface area contributed by atoms with Crippen LogP contribution in [0.25, 0.3) is 10.4 Å². The minimum absolute atomic E-state index is 0.600. The zero-order valence-electron chi connectivity index (χ0n) is 11.2. The zero-order chi connectivity index (χ0) is 13.8. The number of fused-ring (bicyclic) bond motifs is 1. The Kier molecular flexibility index (Phi) is 4.03. The van der Waals surface area contributed by atoms with Crippen LogP contribution in [0.15, 0.2) is 24.4 Å². The average Bonchev–Trinajstić information content (AvgIpc) is 2.96. The first-order valence-corrected chi connectivity index (χ1v) is 7.27. The van der Waals surface area contributed by atoms with E-state index in [1.807, 2.05) is 24.4 Å². The maximum Gasteiger partial charge on any atom is 0.183 e. The van der Waals surface area contributed by atoms with Crippen LogP contribution in [-0.4, -0.2) is 38.5 Å². The molecule has 0 unspecified atom stereocenters. The summed E-state index contributed by atoms with van der Waals surface area (Å²) in [6.45, 7) is 2.63. The van der Waals surface area contributed by atoms with Gasteiger partial charge in [0.25, 0.3) is 0 Å². The number of thiazole rings is 1. The van der Waals surface area contributed by atoms with Crippen LogP contribution in [0.2, 0.25) is 0 Å². The molecule has 2 aromatic rings. The van der Waals surface area contributed by atoms with Crippen LogP contribution in [0.4, 0.5) is 5.13 Å². The first-order chi connectivity index (χ1) is 9.86. The summed E-state index contributed by atoms with van der Waals surface area (Å²) in [5.41, 5.74) is 1.09. The highest BCUT2D eigenvalue weighted by atomic mass is 32.1. The Bertz CT molecular complexity index is 586. The van der Waals surface area contributed by atoms with E-state index in [1.54, 1.807) is 18.4 Å².